The zero-order valence-corrected chi connectivity index (χ0v) is 8.85. The van der Waals surface area contributed by atoms with Gasteiger partial charge in [0.05, 0.1) is 0 Å². The second-order valence-corrected chi connectivity index (χ2v) is 4.06. The normalized spacial score (nSPS) is 23.1. The van der Waals surface area contributed by atoms with Crippen LogP contribution < -0.4 is 10.6 Å². The van der Waals surface area contributed by atoms with Crippen LogP contribution in [-0.2, 0) is 0 Å². The van der Waals surface area contributed by atoms with E-state index in [2.05, 4.69) is 16.7 Å². The van der Waals surface area contributed by atoms with Gasteiger partial charge in [-0.15, -0.1) is 0 Å². The second-order valence-electron chi connectivity index (χ2n) is 3.62. The molecule has 0 radical (unpaired) electrons. The van der Waals surface area contributed by atoms with Crippen LogP contribution in [0, 0.1) is 0 Å². The highest BCUT2D eigenvalue weighted by atomic mass is 35.5. The average molecular weight is 211 g/mol. The molecule has 0 aromatic heterocycles. The molecule has 1 aromatic rings. The summed E-state index contributed by atoms with van der Waals surface area (Å²) in [5, 5.41) is 7.73. The molecule has 0 bridgehead atoms. The minimum Gasteiger partial charge on any atom is -0.315 e. The molecular weight excluding hydrogens is 196 g/mol. The summed E-state index contributed by atoms with van der Waals surface area (Å²) >= 11 is 5.96. The Balaban J connectivity index is 2.12. The highest BCUT2D eigenvalue weighted by Gasteiger charge is 2.12. The standard InChI is InChI=1S/C11H15ClN2/c12-10-4-1-3-9(7-10)11-8-13-5-2-6-14-11/h1,3-4,7,11,13-14H,2,5-6,8H2. The van der Waals surface area contributed by atoms with Crippen molar-refractivity contribution in [2.24, 2.45) is 0 Å². The second kappa shape index (κ2) is 4.78. The summed E-state index contributed by atoms with van der Waals surface area (Å²) in [6, 6.07) is 8.47. The zero-order valence-electron chi connectivity index (χ0n) is 8.09. The molecule has 1 saturated heterocycles. The molecule has 2 nitrogen and oxygen atoms in total. The van der Waals surface area contributed by atoms with Gasteiger partial charge >= 0.3 is 0 Å². The van der Waals surface area contributed by atoms with E-state index in [1.54, 1.807) is 0 Å². The van der Waals surface area contributed by atoms with Gasteiger partial charge in [0.2, 0.25) is 0 Å². The molecule has 1 aliphatic rings. The lowest BCUT2D eigenvalue weighted by Gasteiger charge is -2.16. The van der Waals surface area contributed by atoms with E-state index in [4.69, 9.17) is 11.6 Å². The zero-order chi connectivity index (χ0) is 9.80. The molecule has 1 atom stereocenters. The van der Waals surface area contributed by atoms with Gasteiger partial charge < -0.3 is 10.6 Å². The summed E-state index contributed by atoms with van der Waals surface area (Å²) in [6.07, 6.45) is 1.19. The SMILES string of the molecule is Clc1cccc(C2CNCCCN2)c1. The van der Waals surface area contributed by atoms with Crippen LogP contribution in [0.1, 0.15) is 18.0 Å². The number of benzene rings is 1. The lowest BCUT2D eigenvalue weighted by atomic mass is 10.1. The van der Waals surface area contributed by atoms with Gasteiger partial charge in [-0.3, -0.25) is 0 Å². The summed E-state index contributed by atoms with van der Waals surface area (Å²) in [6.45, 7) is 3.16. The van der Waals surface area contributed by atoms with Gasteiger partial charge in [-0.2, -0.15) is 0 Å². The van der Waals surface area contributed by atoms with Crippen molar-refractivity contribution in [1.29, 1.82) is 0 Å². The third kappa shape index (κ3) is 2.47. The van der Waals surface area contributed by atoms with Gasteiger partial charge in [0.25, 0.3) is 0 Å². The van der Waals surface area contributed by atoms with E-state index in [-0.39, 0.29) is 0 Å². The van der Waals surface area contributed by atoms with E-state index in [1.165, 1.54) is 12.0 Å². The average Bonchev–Trinajstić information content (AvgIpc) is 2.45. The van der Waals surface area contributed by atoms with Crippen LogP contribution in [0.15, 0.2) is 24.3 Å². The van der Waals surface area contributed by atoms with Crippen LogP contribution in [0.25, 0.3) is 0 Å². The molecule has 0 spiro atoms. The number of hydrogen-bond donors (Lipinski definition) is 2. The van der Waals surface area contributed by atoms with Gasteiger partial charge in [-0.1, -0.05) is 23.7 Å². The first-order valence-electron chi connectivity index (χ1n) is 5.06. The minimum atomic E-state index is 0.399. The van der Waals surface area contributed by atoms with Crippen molar-refractivity contribution in [2.45, 2.75) is 12.5 Å². The van der Waals surface area contributed by atoms with Crippen LogP contribution in [0.3, 0.4) is 0 Å². The Morgan fingerprint density at radius 2 is 2.21 bits per heavy atom. The van der Waals surface area contributed by atoms with E-state index in [0.717, 1.165) is 24.7 Å². The first-order valence-corrected chi connectivity index (χ1v) is 5.43. The van der Waals surface area contributed by atoms with Crippen molar-refractivity contribution >= 4 is 11.6 Å². The van der Waals surface area contributed by atoms with Crippen LogP contribution in [0.5, 0.6) is 0 Å². The molecule has 1 aliphatic heterocycles. The summed E-state index contributed by atoms with van der Waals surface area (Å²) in [5.41, 5.74) is 1.27. The number of rotatable bonds is 1. The summed E-state index contributed by atoms with van der Waals surface area (Å²) in [7, 11) is 0. The first kappa shape index (κ1) is 9.97. The summed E-state index contributed by atoms with van der Waals surface area (Å²) in [4.78, 5) is 0. The number of nitrogens with one attached hydrogen (secondary N) is 2. The lowest BCUT2D eigenvalue weighted by Crippen LogP contribution is -2.27. The molecule has 0 aliphatic carbocycles. The molecular formula is C11H15ClN2. The molecule has 76 valence electrons. The van der Waals surface area contributed by atoms with Crippen molar-refractivity contribution in [2.75, 3.05) is 19.6 Å². The number of hydrogen-bond acceptors (Lipinski definition) is 2. The Bertz CT molecular complexity index is 293. The maximum atomic E-state index is 5.96. The van der Waals surface area contributed by atoms with E-state index in [9.17, 15) is 0 Å². The number of halogens is 1. The van der Waals surface area contributed by atoms with Gasteiger partial charge in [-0.25, -0.2) is 0 Å². The van der Waals surface area contributed by atoms with Crippen LogP contribution in [-0.4, -0.2) is 19.6 Å². The molecule has 1 unspecified atom stereocenters. The maximum Gasteiger partial charge on any atom is 0.0447 e. The monoisotopic (exact) mass is 210 g/mol. The van der Waals surface area contributed by atoms with E-state index in [0.29, 0.717) is 6.04 Å². The lowest BCUT2D eigenvalue weighted by molar-refractivity contribution is 0.553. The summed E-state index contributed by atoms with van der Waals surface area (Å²) in [5.74, 6) is 0. The molecule has 3 heteroatoms. The molecule has 0 amide bonds. The van der Waals surface area contributed by atoms with Crippen molar-refractivity contribution < 1.29 is 0 Å². The predicted molar refractivity (Wildman–Crippen MR) is 59.7 cm³/mol. The Morgan fingerprint density at radius 3 is 3.07 bits per heavy atom. The van der Waals surface area contributed by atoms with E-state index in [1.807, 2.05) is 18.2 Å². The third-order valence-electron chi connectivity index (χ3n) is 2.52. The van der Waals surface area contributed by atoms with Gasteiger partial charge in [0, 0.05) is 17.6 Å². The van der Waals surface area contributed by atoms with Crippen LogP contribution >= 0.6 is 11.6 Å². The first-order chi connectivity index (χ1) is 6.86. The molecule has 14 heavy (non-hydrogen) atoms. The van der Waals surface area contributed by atoms with Crippen molar-refractivity contribution in [3.63, 3.8) is 0 Å². The predicted octanol–water partition coefficient (Wildman–Crippen LogP) is 1.96. The summed E-state index contributed by atoms with van der Waals surface area (Å²) < 4.78 is 0. The smallest absolute Gasteiger partial charge is 0.0447 e. The minimum absolute atomic E-state index is 0.399. The fourth-order valence-corrected chi connectivity index (χ4v) is 1.97. The van der Waals surface area contributed by atoms with Crippen molar-refractivity contribution in [3.8, 4) is 0 Å². The van der Waals surface area contributed by atoms with Gasteiger partial charge in [-0.05, 0) is 37.2 Å². The largest absolute Gasteiger partial charge is 0.315 e. The quantitative estimate of drug-likeness (QED) is 0.741. The Morgan fingerprint density at radius 1 is 1.29 bits per heavy atom. The molecule has 0 saturated carbocycles. The molecule has 2 rings (SSSR count). The van der Waals surface area contributed by atoms with E-state index >= 15 is 0 Å². The fraction of sp³-hybridized carbons (Fsp3) is 0.455. The molecule has 1 aromatic carbocycles. The van der Waals surface area contributed by atoms with Crippen molar-refractivity contribution in [1.82, 2.24) is 10.6 Å². The fourth-order valence-electron chi connectivity index (χ4n) is 1.77. The third-order valence-corrected chi connectivity index (χ3v) is 2.76. The highest BCUT2D eigenvalue weighted by molar-refractivity contribution is 6.30. The molecule has 2 N–H and O–H groups in total. The highest BCUT2D eigenvalue weighted by Crippen LogP contribution is 2.17. The van der Waals surface area contributed by atoms with Gasteiger partial charge in [0.1, 0.15) is 0 Å². The van der Waals surface area contributed by atoms with E-state index < -0.39 is 0 Å². The maximum absolute atomic E-state index is 5.96. The Labute approximate surface area is 89.7 Å². The molecule has 1 heterocycles. The van der Waals surface area contributed by atoms with Crippen LogP contribution in [0.4, 0.5) is 0 Å². The Hall–Kier alpha value is -0.570. The van der Waals surface area contributed by atoms with Crippen LogP contribution in [0.2, 0.25) is 5.02 Å². The van der Waals surface area contributed by atoms with Crippen molar-refractivity contribution in [3.05, 3.63) is 34.9 Å². The Kier molecular flexibility index (Phi) is 3.40. The van der Waals surface area contributed by atoms with Gasteiger partial charge in [0.15, 0.2) is 0 Å². The molecule has 1 fully saturated rings. The topological polar surface area (TPSA) is 24.1 Å².